The zero-order valence-electron chi connectivity index (χ0n) is 6.14. The third kappa shape index (κ3) is 3.37. The maximum absolute atomic E-state index is 12.1. The lowest BCUT2D eigenvalue weighted by atomic mass is 10.1. The molecule has 0 rings (SSSR count). The molecule has 2 N–H and O–H groups in total. The van der Waals surface area contributed by atoms with Gasteiger partial charge in [0.1, 0.15) is 0 Å². The van der Waals surface area contributed by atoms with E-state index in [9.17, 15) is 30.7 Å². The van der Waals surface area contributed by atoms with Crippen LogP contribution in [0.2, 0.25) is 0 Å². The predicted molar refractivity (Wildman–Crippen MR) is 29.6 cm³/mol. The van der Waals surface area contributed by atoms with Crippen molar-refractivity contribution in [3.8, 4) is 0 Å². The van der Waals surface area contributed by atoms with Gasteiger partial charge in [0.05, 0.1) is 13.0 Å². The van der Waals surface area contributed by atoms with Gasteiger partial charge in [-0.2, -0.15) is 22.0 Å². The second kappa shape index (κ2) is 3.32. The summed E-state index contributed by atoms with van der Waals surface area (Å²) in [4.78, 5) is 0. The monoisotopic (exact) mass is 213 g/mol. The minimum atomic E-state index is -5.97. The molecule has 0 aliphatic carbocycles. The number of hydrogen-bond acceptors (Lipinski definition) is 1. The third-order valence-electron chi connectivity index (χ3n) is 1.19. The quantitative estimate of drug-likeness (QED) is 0.714. The molecule has 0 atom stereocenters. The number of halogens is 7. The number of rotatable bonds is 3. The van der Waals surface area contributed by atoms with Gasteiger partial charge in [-0.1, -0.05) is 0 Å². The zero-order chi connectivity index (χ0) is 10.9. The summed E-state index contributed by atoms with van der Waals surface area (Å²) >= 11 is 0. The van der Waals surface area contributed by atoms with Crippen LogP contribution < -0.4 is 5.73 Å². The van der Waals surface area contributed by atoms with Gasteiger partial charge in [-0.05, 0) is 0 Å². The highest BCUT2D eigenvalue weighted by Crippen LogP contribution is 2.42. The highest BCUT2D eigenvalue weighted by Gasteiger charge is 2.61. The Labute approximate surface area is 68.7 Å². The minimum Gasteiger partial charge on any atom is -0.325 e. The molecule has 0 amide bonds. The summed E-state index contributed by atoms with van der Waals surface area (Å²) in [5, 5.41) is 0. The number of nitrogens with two attached hydrogens (primary N) is 1. The van der Waals surface area contributed by atoms with Crippen LogP contribution >= 0.6 is 0 Å². The molecule has 0 saturated carbocycles. The summed E-state index contributed by atoms with van der Waals surface area (Å²) in [6, 6.07) is 0. The molecular formula is C5H6F7N. The molecule has 0 heterocycles. The highest BCUT2D eigenvalue weighted by molar-refractivity contribution is 4.83. The van der Waals surface area contributed by atoms with Crippen molar-refractivity contribution in [2.24, 2.45) is 5.73 Å². The largest absolute Gasteiger partial charge is 0.453 e. The maximum atomic E-state index is 12.1. The molecule has 0 aromatic rings. The Morgan fingerprint density at radius 1 is 0.846 bits per heavy atom. The fraction of sp³-hybridized carbons (Fsp3) is 1.00. The molecule has 0 aliphatic heterocycles. The molecule has 13 heavy (non-hydrogen) atoms. The lowest BCUT2D eigenvalue weighted by molar-refractivity contribution is -0.299. The smallest absolute Gasteiger partial charge is 0.325 e. The second-order valence-electron chi connectivity index (χ2n) is 2.44. The Kier molecular flexibility index (Phi) is 3.18. The first kappa shape index (κ1) is 12.5. The van der Waals surface area contributed by atoms with Crippen molar-refractivity contribution in [1.82, 2.24) is 0 Å². The van der Waals surface area contributed by atoms with Crippen molar-refractivity contribution in [2.45, 2.75) is 24.4 Å². The van der Waals surface area contributed by atoms with Crippen LogP contribution in [0.15, 0.2) is 0 Å². The average molecular weight is 213 g/mol. The average Bonchev–Trinajstić information content (AvgIpc) is 1.83. The number of alkyl halides is 7. The van der Waals surface area contributed by atoms with Crippen molar-refractivity contribution >= 4 is 0 Å². The second-order valence-corrected chi connectivity index (χ2v) is 2.44. The topological polar surface area (TPSA) is 26.0 Å². The predicted octanol–water partition coefficient (Wildman–Crippen LogP) is 2.17. The Hall–Kier alpha value is -0.530. The first-order valence-corrected chi connectivity index (χ1v) is 3.04. The van der Waals surface area contributed by atoms with E-state index in [0.717, 1.165) is 0 Å². The van der Waals surface area contributed by atoms with E-state index in [4.69, 9.17) is 0 Å². The SMILES string of the molecule is NCC(F)(F)CC(F)(F)C(F)(F)F. The lowest BCUT2D eigenvalue weighted by Gasteiger charge is -2.23. The number of hydrogen-bond donors (Lipinski definition) is 1. The Bertz CT molecular complexity index is 172. The van der Waals surface area contributed by atoms with Gasteiger partial charge in [-0.15, -0.1) is 0 Å². The molecule has 0 fully saturated rings. The van der Waals surface area contributed by atoms with Gasteiger partial charge >= 0.3 is 12.1 Å². The molecule has 0 bridgehead atoms. The van der Waals surface area contributed by atoms with Crippen LogP contribution in [0.25, 0.3) is 0 Å². The van der Waals surface area contributed by atoms with Gasteiger partial charge in [0, 0.05) is 0 Å². The summed E-state index contributed by atoms with van der Waals surface area (Å²) in [7, 11) is 0. The zero-order valence-corrected chi connectivity index (χ0v) is 6.14. The standard InChI is InChI=1S/C5H6F7N/c6-3(7,2-13)1-4(8,9)5(10,11)12/h1-2,13H2. The van der Waals surface area contributed by atoms with E-state index in [0.29, 0.717) is 0 Å². The molecule has 0 aromatic carbocycles. The van der Waals surface area contributed by atoms with E-state index >= 15 is 0 Å². The molecule has 0 aliphatic rings. The first-order chi connectivity index (χ1) is 5.52. The van der Waals surface area contributed by atoms with Crippen molar-refractivity contribution < 1.29 is 30.7 Å². The summed E-state index contributed by atoms with van der Waals surface area (Å²) in [6.45, 7) is -1.54. The minimum absolute atomic E-state index is 1.54. The van der Waals surface area contributed by atoms with Crippen LogP contribution in [0.5, 0.6) is 0 Å². The van der Waals surface area contributed by atoms with E-state index in [1.807, 2.05) is 0 Å². The molecule has 8 heteroatoms. The van der Waals surface area contributed by atoms with Gasteiger partial charge in [-0.3, -0.25) is 0 Å². The van der Waals surface area contributed by atoms with Crippen LogP contribution in [0, 0.1) is 0 Å². The van der Waals surface area contributed by atoms with Crippen LogP contribution in [-0.4, -0.2) is 24.6 Å². The Balaban J connectivity index is 4.52. The maximum Gasteiger partial charge on any atom is 0.453 e. The fourth-order valence-corrected chi connectivity index (χ4v) is 0.497. The van der Waals surface area contributed by atoms with Crippen molar-refractivity contribution in [2.75, 3.05) is 6.54 Å². The van der Waals surface area contributed by atoms with Gasteiger partial charge in [0.15, 0.2) is 0 Å². The van der Waals surface area contributed by atoms with Gasteiger partial charge in [0.2, 0.25) is 0 Å². The molecule has 0 aromatic heterocycles. The van der Waals surface area contributed by atoms with Gasteiger partial charge in [0.25, 0.3) is 5.92 Å². The van der Waals surface area contributed by atoms with E-state index in [1.165, 1.54) is 0 Å². The summed E-state index contributed by atoms with van der Waals surface area (Å²) in [6.07, 6.45) is -8.58. The van der Waals surface area contributed by atoms with Crippen LogP contribution in [0.4, 0.5) is 30.7 Å². The molecule has 1 nitrogen and oxygen atoms in total. The van der Waals surface area contributed by atoms with E-state index in [2.05, 4.69) is 5.73 Å². The van der Waals surface area contributed by atoms with E-state index in [-0.39, 0.29) is 0 Å². The summed E-state index contributed by atoms with van der Waals surface area (Å²) < 4.78 is 82.2. The van der Waals surface area contributed by atoms with Gasteiger partial charge in [-0.25, -0.2) is 8.78 Å². The van der Waals surface area contributed by atoms with Gasteiger partial charge < -0.3 is 5.73 Å². The third-order valence-corrected chi connectivity index (χ3v) is 1.19. The Morgan fingerprint density at radius 2 is 1.23 bits per heavy atom. The molecule has 0 spiro atoms. The van der Waals surface area contributed by atoms with Crippen LogP contribution in [-0.2, 0) is 0 Å². The van der Waals surface area contributed by atoms with Crippen molar-refractivity contribution in [3.05, 3.63) is 0 Å². The van der Waals surface area contributed by atoms with Crippen LogP contribution in [0.3, 0.4) is 0 Å². The molecule has 0 unspecified atom stereocenters. The van der Waals surface area contributed by atoms with Crippen molar-refractivity contribution in [1.29, 1.82) is 0 Å². The normalized spacial score (nSPS) is 14.8. The molecule has 80 valence electrons. The van der Waals surface area contributed by atoms with E-state index in [1.54, 1.807) is 0 Å². The fourth-order valence-electron chi connectivity index (χ4n) is 0.497. The van der Waals surface area contributed by atoms with Crippen LogP contribution in [0.1, 0.15) is 6.42 Å². The lowest BCUT2D eigenvalue weighted by Crippen LogP contribution is -2.44. The van der Waals surface area contributed by atoms with Crippen molar-refractivity contribution in [3.63, 3.8) is 0 Å². The molecular weight excluding hydrogens is 207 g/mol. The molecule has 0 saturated heterocycles. The summed E-state index contributed by atoms with van der Waals surface area (Å²) in [5.74, 6) is -9.62. The Morgan fingerprint density at radius 3 is 1.46 bits per heavy atom. The van der Waals surface area contributed by atoms with E-state index < -0.39 is 31.0 Å². The molecule has 0 radical (unpaired) electrons. The first-order valence-electron chi connectivity index (χ1n) is 3.04. The highest BCUT2D eigenvalue weighted by atomic mass is 19.4. The summed E-state index contributed by atoms with van der Waals surface area (Å²) in [5.41, 5.74) is 4.31.